The largest absolute Gasteiger partial charge is 0.294 e. The fraction of sp³-hybridized carbons (Fsp3) is 0.289. The molecule has 0 saturated heterocycles. The Bertz CT molecular complexity index is 1660. The van der Waals surface area contributed by atoms with Crippen LogP contribution in [-0.2, 0) is 11.0 Å². The number of rotatable bonds is 6. The number of fused-ring (bicyclic) bond motifs is 3. The van der Waals surface area contributed by atoms with Crippen LogP contribution in [-0.4, -0.2) is 4.57 Å². The Kier molecular flexibility index (Phi) is 6.72. The maximum absolute atomic E-state index is 14.9. The van der Waals surface area contributed by atoms with Crippen LogP contribution in [0.25, 0.3) is 39.3 Å². The topological polar surface area (TPSA) is 8.81 Å². The van der Waals surface area contributed by atoms with Gasteiger partial charge in [-0.15, -0.1) is 0 Å². The van der Waals surface area contributed by atoms with E-state index in [9.17, 15) is 4.39 Å². The fourth-order valence-corrected chi connectivity index (χ4v) is 7.01. The number of aromatic nitrogens is 2. The van der Waals surface area contributed by atoms with Crippen molar-refractivity contribution >= 4 is 0 Å². The molecule has 1 aliphatic heterocycles. The molecule has 0 N–H and O–H groups in total. The molecule has 2 unspecified atom stereocenters. The first-order chi connectivity index (χ1) is 19.7. The summed E-state index contributed by atoms with van der Waals surface area (Å²) in [5.74, 6) is 1.30. The molecule has 1 aliphatic rings. The first kappa shape index (κ1) is 27.2. The summed E-state index contributed by atoms with van der Waals surface area (Å²) in [6.45, 7) is 13.7. The average molecular weight is 544 g/mol. The Morgan fingerprint density at radius 2 is 1.34 bits per heavy atom. The Balaban J connectivity index is 1.77. The van der Waals surface area contributed by atoms with Crippen LogP contribution < -0.4 is 4.57 Å². The second-order valence-corrected chi connectivity index (χ2v) is 12.2. The van der Waals surface area contributed by atoms with Gasteiger partial charge in [0.05, 0.1) is 5.56 Å². The van der Waals surface area contributed by atoms with Gasteiger partial charge in [0.15, 0.2) is 0 Å². The lowest BCUT2D eigenvalue weighted by molar-refractivity contribution is -0.764. The summed E-state index contributed by atoms with van der Waals surface area (Å²) < 4.78 is 19.8. The van der Waals surface area contributed by atoms with Crippen LogP contribution in [0.5, 0.6) is 0 Å². The minimum atomic E-state index is -0.235. The monoisotopic (exact) mass is 543 g/mol. The van der Waals surface area contributed by atoms with Gasteiger partial charge in [0.2, 0.25) is 0 Å². The Morgan fingerprint density at radius 3 is 1.85 bits per heavy atom. The molecule has 0 aliphatic carbocycles. The van der Waals surface area contributed by atoms with Gasteiger partial charge in [-0.3, -0.25) is 0 Å². The maximum atomic E-state index is 14.9. The van der Waals surface area contributed by atoms with E-state index in [-0.39, 0.29) is 16.8 Å². The standard InChI is InChI=1S/C38H40FN2/c1-7-37(5)34-25-30(39)19-20-31(34)36-40(21-22-41(36)38(37,6)8-2)35-32(27-15-11-9-12-16-27)23-29(26(3)4)24-33(35)28-17-13-10-14-18-28/h9-26H,7-8H2,1-6H3/q+1. The molecule has 4 aromatic carbocycles. The molecule has 2 nitrogen and oxygen atoms in total. The van der Waals surface area contributed by atoms with Crippen molar-refractivity contribution in [2.45, 2.75) is 71.3 Å². The molecule has 5 aromatic rings. The highest BCUT2D eigenvalue weighted by Crippen LogP contribution is 2.51. The number of imidazole rings is 1. The normalized spacial score (nSPS) is 19.7. The van der Waals surface area contributed by atoms with Crippen LogP contribution in [0.1, 0.15) is 71.4 Å². The smallest absolute Gasteiger partial charge is 0.224 e. The summed E-state index contributed by atoms with van der Waals surface area (Å²) in [5, 5.41) is 0. The van der Waals surface area contributed by atoms with Crippen LogP contribution in [0.3, 0.4) is 0 Å². The van der Waals surface area contributed by atoms with E-state index < -0.39 is 0 Å². The molecule has 1 aromatic heterocycles. The minimum absolute atomic E-state index is 0.176. The van der Waals surface area contributed by atoms with Gasteiger partial charge in [-0.05, 0) is 78.3 Å². The molecule has 0 fully saturated rings. The first-order valence-electron chi connectivity index (χ1n) is 15.0. The zero-order chi connectivity index (χ0) is 28.9. The zero-order valence-electron chi connectivity index (χ0n) is 25.1. The highest BCUT2D eigenvalue weighted by atomic mass is 19.1. The number of nitrogens with zero attached hydrogens (tertiary/aromatic N) is 2. The molecule has 2 atom stereocenters. The number of hydrogen-bond acceptors (Lipinski definition) is 0. The third-order valence-corrected chi connectivity index (χ3v) is 9.96. The summed E-state index contributed by atoms with van der Waals surface area (Å²) in [6, 6.07) is 31.5. The third-order valence-electron chi connectivity index (χ3n) is 9.96. The van der Waals surface area contributed by atoms with Crippen molar-refractivity contribution in [3.8, 4) is 39.3 Å². The third kappa shape index (κ3) is 4.09. The van der Waals surface area contributed by atoms with Crippen molar-refractivity contribution in [1.29, 1.82) is 0 Å². The summed E-state index contributed by atoms with van der Waals surface area (Å²) in [7, 11) is 0. The Morgan fingerprint density at radius 1 is 0.756 bits per heavy atom. The molecule has 0 radical (unpaired) electrons. The van der Waals surface area contributed by atoms with E-state index in [1.165, 1.54) is 27.8 Å². The van der Waals surface area contributed by atoms with E-state index in [0.29, 0.717) is 5.92 Å². The van der Waals surface area contributed by atoms with Gasteiger partial charge in [-0.25, -0.2) is 8.96 Å². The molecule has 2 heterocycles. The van der Waals surface area contributed by atoms with E-state index in [2.05, 4.69) is 136 Å². The molecule has 0 bridgehead atoms. The maximum Gasteiger partial charge on any atom is 0.294 e. The quantitative estimate of drug-likeness (QED) is 0.188. The van der Waals surface area contributed by atoms with Gasteiger partial charge >= 0.3 is 0 Å². The van der Waals surface area contributed by atoms with E-state index in [0.717, 1.165) is 35.5 Å². The van der Waals surface area contributed by atoms with Gasteiger partial charge in [-0.2, -0.15) is 4.57 Å². The van der Waals surface area contributed by atoms with Crippen molar-refractivity contribution in [2.24, 2.45) is 0 Å². The molecule has 0 spiro atoms. The number of hydrogen-bond donors (Lipinski definition) is 0. The van der Waals surface area contributed by atoms with Crippen LogP contribution in [0.2, 0.25) is 0 Å². The number of halogens is 1. The minimum Gasteiger partial charge on any atom is -0.224 e. The van der Waals surface area contributed by atoms with Crippen molar-refractivity contribution in [1.82, 2.24) is 4.57 Å². The van der Waals surface area contributed by atoms with E-state index in [1.807, 2.05) is 6.07 Å². The van der Waals surface area contributed by atoms with Crippen LogP contribution in [0.4, 0.5) is 4.39 Å². The molecule has 0 amide bonds. The molecule has 41 heavy (non-hydrogen) atoms. The summed E-state index contributed by atoms with van der Waals surface area (Å²) in [4.78, 5) is 0. The SMILES string of the molecule is CCC1(C)c2cc(F)ccc2-c2n(-c3c(-c4ccccc4)cc(C(C)C)cc3-c3ccccc3)cc[n+]2C1(C)CC. The van der Waals surface area contributed by atoms with Gasteiger partial charge in [0.25, 0.3) is 5.82 Å². The van der Waals surface area contributed by atoms with Crippen molar-refractivity contribution < 1.29 is 8.96 Å². The van der Waals surface area contributed by atoms with Gasteiger partial charge in [-0.1, -0.05) is 95.3 Å². The fourth-order valence-electron chi connectivity index (χ4n) is 7.01. The summed E-state index contributed by atoms with van der Waals surface area (Å²) in [5.41, 5.74) is 8.93. The second-order valence-electron chi connectivity index (χ2n) is 12.2. The molecular weight excluding hydrogens is 503 g/mol. The molecule has 208 valence electrons. The van der Waals surface area contributed by atoms with Crippen molar-refractivity contribution in [3.63, 3.8) is 0 Å². The second kappa shape index (κ2) is 10.1. The van der Waals surface area contributed by atoms with E-state index in [1.54, 1.807) is 12.1 Å². The Hall–Kier alpha value is -3.98. The predicted octanol–water partition coefficient (Wildman–Crippen LogP) is 9.83. The number of benzene rings is 4. The average Bonchev–Trinajstić information content (AvgIpc) is 3.45. The first-order valence-corrected chi connectivity index (χ1v) is 15.0. The lowest BCUT2D eigenvalue weighted by Gasteiger charge is -2.47. The highest BCUT2D eigenvalue weighted by Gasteiger charge is 2.55. The van der Waals surface area contributed by atoms with Crippen LogP contribution >= 0.6 is 0 Å². The van der Waals surface area contributed by atoms with Crippen LogP contribution in [0.15, 0.2) is 103 Å². The van der Waals surface area contributed by atoms with E-state index >= 15 is 0 Å². The van der Waals surface area contributed by atoms with Crippen LogP contribution in [0, 0.1) is 5.82 Å². The lowest BCUT2D eigenvalue weighted by Crippen LogP contribution is -2.67. The molecule has 6 rings (SSSR count). The highest BCUT2D eigenvalue weighted by molar-refractivity contribution is 5.87. The lowest BCUT2D eigenvalue weighted by atomic mass is 9.61. The van der Waals surface area contributed by atoms with Crippen molar-refractivity contribution in [3.05, 3.63) is 120 Å². The molecule has 0 saturated carbocycles. The van der Waals surface area contributed by atoms with Gasteiger partial charge < -0.3 is 0 Å². The Labute approximate surface area is 244 Å². The van der Waals surface area contributed by atoms with Gasteiger partial charge in [0.1, 0.15) is 29.4 Å². The summed E-state index contributed by atoms with van der Waals surface area (Å²) >= 11 is 0. The van der Waals surface area contributed by atoms with Gasteiger partial charge in [0, 0.05) is 16.5 Å². The molecule has 3 heteroatoms. The summed E-state index contributed by atoms with van der Waals surface area (Å²) in [6.07, 6.45) is 6.32. The zero-order valence-corrected chi connectivity index (χ0v) is 25.1. The van der Waals surface area contributed by atoms with E-state index in [4.69, 9.17) is 0 Å². The van der Waals surface area contributed by atoms with Crippen molar-refractivity contribution in [2.75, 3.05) is 0 Å². The predicted molar refractivity (Wildman–Crippen MR) is 168 cm³/mol. The molecular formula is C38H40FN2+.